The number of halogens is 3. The van der Waals surface area contributed by atoms with Gasteiger partial charge in [0.25, 0.3) is 0 Å². The van der Waals surface area contributed by atoms with E-state index in [1.165, 1.54) is 18.1 Å². The lowest BCUT2D eigenvalue weighted by atomic mass is 9.89. The fourth-order valence-corrected chi connectivity index (χ4v) is 6.91. The van der Waals surface area contributed by atoms with Crippen LogP contribution in [0.3, 0.4) is 0 Å². The molecule has 1 fully saturated rings. The van der Waals surface area contributed by atoms with Crippen LogP contribution >= 0.6 is 0 Å². The third kappa shape index (κ3) is 7.52. The molecule has 0 bridgehead atoms. The summed E-state index contributed by atoms with van der Waals surface area (Å²) >= 11 is 0. The van der Waals surface area contributed by atoms with Gasteiger partial charge >= 0.3 is 16.3 Å². The Bertz CT molecular complexity index is 1560. The van der Waals surface area contributed by atoms with Crippen molar-refractivity contribution in [1.29, 1.82) is 0 Å². The SMILES string of the molecule is COc1cc2nc(C)nc(OS(=O)(=O)c3c(C(C)C)cc(C(C)C)cc3C(C)C)c2cc1O[C@H]1CCN(CC(F)(F)F)C1. The number of aryl methyl sites for hydroxylation is 1. The topological polar surface area (TPSA) is 90.9 Å². The Labute approximate surface area is 251 Å². The highest BCUT2D eigenvalue weighted by Crippen LogP contribution is 2.40. The molecule has 0 amide bonds. The number of hydrogen-bond acceptors (Lipinski definition) is 8. The molecule has 1 aromatic heterocycles. The Hall–Kier alpha value is -3.12. The average molecular weight is 624 g/mol. The fourth-order valence-electron chi connectivity index (χ4n) is 5.33. The summed E-state index contributed by atoms with van der Waals surface area (Å²) in [6, 6.07) is 6.97. The van der Waals surface area contributed by atoms with Crippen LogP contribution in [0, 0.1) is 6.92 Å². The second-order valence-electron chi connectivity index (χ2n) is 12.0. The lowest BCUT2D eigenvalue weighted by Crippen LogP contribution is -2.33. The van der Waals surface area contributed by atoms with E-state index in [4.69, 9.17) is 13.7 Å². The molecule has 0 N–H and O–H groups in total. The van der Waals surface area contributed by atoms with Crippen LogP contribution in [0.4, 0.5) is 13.2 Å². The molecule has 43 heavy (non-hydrogen) atoms. The molecule has 12 heteroatoms. The Morgan fingerprint density at radius 3 is 2.12 bits per heavy atom. The zero-order chi connectivity index (χ0) is 31.9. The number of hydrogen-bond donors (Lipinski definition) is 0. The molecule has 3 aromatic rings. The molecule has 1 atom stereocenters. The molecular formula is C31H40F3N3O5S. The quantitative estimate of drug-likeness (QED) is 0.221. The summed E-state index contributed by atoms with van der Waals surface area (Å²) in [7, 11) is -2.93. The summed E-state index contributed by atoms with van der Waals surface area (Å²) in [6.45, 7) is 12.9. The molecule has 8 nitrogen and oxygen atoms in total. The van der Waals surface area contributed by atoms with Crippen LogP contribution in [-0.2, 0) is 10.1 Å². The number of methoxy groups -OCH3 is 1. The van der Waals surface area contributed by atoms with Crippen molar-refractivity contribution < 1.29 is 35.2 Å². The van der Waals surface area contributed by atoms with Crippen molar-refractivity contribution in [2.45, 2.75) is 89.8 Å². The van der Waals surface area contributed by atoms with E-state index in [9.17, 15) is 21.6 Å². The highest BCUT2D eigenvalue weighted by molar-refractivity contribution is 7.87. The van der Waals surface area contributed by atoms with Gasteiger partial charge in [-0.3, -0.25) is 4.90 Å². The van der Waals surface area contributed by atoms with Crippen molar-refractivity contribution >= 4 is 21.0 Å². The van der Waals surface area contributed by atoms with Gasteiger partial charge < -0.3 is 13.7 Å². The molecule has 236 valence electrons. The van der Waals surface area contributed by atoms with Gasteiger partial charge in [-0.1, -0.05) is 53.7 Å². The van der Waals surface area contributed by atoms with Gasteiger partial charge in [0.05, 0.1) is 24.6 Å². The molecule has 0 unspecified atom stereocenters. The number of fused-ring (bicyclic) bond motifs is 1. The Kier molecular flexibility index (Phi) is 9.51. The van der Waals surface area contributed by atoms with E-state index in [1.54, 1.807) is 13.0 Å². The van der Waals surface area contributed by atoms with Crippen molar-refractivity contribution in [1.82, 2.24) is 14.9 Å². The van der Waals surface area contributed by atoms with Crippen molar-refractivity contribution in [3.63, 3.8) is 0 Å². The lowest BCUT2D eigenvalue weighted by Gasteiger charge is -2.22. The number of aromatic nitrogens is 2. The summed E-state index contributed by atoms with van der Waals surface area (Å²) in [6.07, 6.45) is -4.43. The molecule has 0 saturated carbocycles. The van der Waals surface area contributed by atoms with Crippen LogP contribution in [-0.4, -0.2) is 62.3 Å². The highest BCUT2D eigenvalue weighted by Gasteiger charge is 2.35. The van der Waals surface area contributed by atoms with Crippen LogP contribution < -0.4 is 13.7 Å². The maximum Gasteiger partial charge on any atom is 0.401 e. The molecule has 1 aliphatic rings. The van der Waals surface area contributed by atoms with Crippen LogP contribution in [0.5, 0.6) is 17.4 Å². The van der Waals surface area contributed by atoms with Crippen molar-refractivity contribution in [3.8, 4) is 17.4 Å². The molecule has 0 spiro atoms. The van der Waals surface area contributed by atoms with Gasteiger partial charge in [-0.05, 0) is 53.9 Å². The normalized spacial score (nSPS) is 16.6. The molecule has 4 rings (SSSR count). The van der Waals surface area contributed by atoms with Crippen LogP contribution in [0.1, 0.15) is 88.2 Å². The minimum atomic E-state index is -4.37. The molecule has 2 aromatic carbocycles. The van der Waals surface area contributed by atoms with Crippen LogP contribution in [0.2, 0.25) is 0 Å². The van der Waals surface area contributed by atoms with E-state index in [2.05, 4.69) is 23.8 Å². The first-order chi connectivity index (χ1) is 20.0. The first kappa shape index (κ1) is 32.8. The minimum Gasteiger partial charge on any atom is -0.493 e. The number of rotatable bonds is 10. The molecule has 0 radical (unpaired) electrons. The third-order valence-corrected chi connectivity index (χ3v) is 8.85. The van der Waals surface area contributed by atoms with Crippen molar-refractivity contribution in [3.05, 3.63) is 46.8 Å². The van der Waals surface area contributed by atoms with E-state index < -0.39 is 28.9 Å². The van der Waals surface area contributed by atoms with Gasteiger partial charge in [0.2, 0.25) is 5.88 Å². The zero-order valence-corrected chi connectivity index (χ0v) is 26.7. The summed E-state index contributed by atoms with van der Waals surface area (Å²) in [4.78, 5) is 10.2. The predicted octanol–water partition coefficient (Wildman–Crippen LogP) is 7.10. The standard InChI is InChI=1S/C31H40F3N3O5S/c1-17(2)21-11-23(18(3)4)29(24(12-21)19(5)6)43(38,39)42-30-25-13-28(27(40-8)14-26(25)35-20(7)36-30)41-22-9-10-37(15-22)16-31(32,33)34/h11-14,17-19,22H,9-10,15-16H2,1-8H3/t22-/m0/s1. The Morgan fingerprint density at radius 1 is 0.953 bits per heavy atom. The summed E-state index contributed by atoms with van der Waals surface area (Å²) in [5.74, 6) is 0.669. The van der Waals surface area contributed by atoms with E-state index in [0.29, 0.717) is 28.8 Å². The predicted molar refractivity (Wildman–Crippen MR) is 159 cm³/mol. The molecule has 1 saturated heterocycles. The second kappa shape index (κ2) is 12.5. The summed E-state index contributed by atoms with van der Waals surface area (Å²) in [5.41, 5.74) is 2.75. The summed E-state index contributed by atoms with van der Waals surface area (Å²) in [5, 5.41) is 0.270. The highest BCUT2D eigenvalue weighted by atomic mass is 32.2. The van der Waals surface area contributed by atoms with E-state index >= 15 is 0 Å². The Balaban J connectivity index is 1.78. The lowest BCUT2D eigenvalue weighted by molar-refractivity contribution is -0.144. The molecule has 1 aliphatic heterocycles. The average Bonchev–Trinajstić information content (AvgIpc) is 3.32. The van der Waals surface area contributed by atoms with E-state index in [0.717, 1.165) is 5.56 Å². The molecular weight excluding hydrogens is 583 g/mol. The number of nitrogens with zero attached hydrogens (tertiary/aromatic N) is 3. The van der Waals surface area contributed by atoms with Gasteiger partial charge in [-0.25, -0.2) is 4.98 Å². The van der Waals surface area contributed by atoms with Crippen LogP contribution in [0.15, 0.2) is 29.2 Å². The van der Waals surface area contributed by atoms with Crippen LogP contribution in [0.25, 0.3) is 10.9 Å². The first-order valence-electron chi connectivity index (χ1n) is 14.4. The number of benzene rings is 2. The number of ether oxygens (including phenoxy) is 2. The maximum absolute atomic E-state index is 14.1. The maximum atomic E-state index is 14.1. The van der Waals surface area contributed by atoms with Gasteiger partial charge in [-0.2, -0.15) is 26.6 Å². The molecule has 2 heterocycles. The largest absolute Gasteiger partial charge is 0.493 e. The minimum absolute atomic E-state index is 0.0885. The molecule has 0 aliphatic carbocycles. The van der Waals surface area contributed by atoms with Crippen molar-refractivity contribution in [2.75, 3.05) is 26.7 Å². The smallest absolute Gasteiger partial charge is 0.401 e. The van der Waals surface area contributed by atoms with Gasteiger partial charge in [0.1, 0.15) is 16.8 Å². The Morgan fingerprint density at radius 2 is 1.58 bits per heavy atom. The first-order valence-corrected chi connectivity index (χ1v) is 15.8. The number of likely N-dealkylation sites (tertiary alicyclic amines) is 1. The third-order valence-electron chi connectivity index (χ3n) is 7.50. The van der Waals surface area contributed by atoms with Gasteiger partial charge in [0, 0.05) is 19.2 Å². The fraction of sp³-hybridized carbons (Fsp3) is 0.548. The monoisotopic (exact) mass is 623 g/mol. The van der Waals surface area contributed by atoms with Gasteiger partial charge in [0.15, 0.2) is 11.5 Å². The summed E-state index contributed by atoms with van der Waals surface area (Å²) < 4.78 is 84.3. The number of alkyl halides is 3. The van der Waals surface area contributed by atoms with Gasteiger partial charge in [-0.15, -0.1) is 0 Å². The van der Waals surface area contributed by atoms with E-state index in [1.807, 2.05) is 39.8 Å². The van der Waals surface area contributed by atoms with Crippen molar-refractivity contribution in [2.24, 2.45) is 0 Å². The second-order valence-corrected chi connectivity index (χ2v) is 13.5. The zero-order valence-electron chi connectivity index (χ0n) is 25.9. The van der Waals surface area contributed by atoms with E-state index in [-0.39, 0.29) is 58.6 Å².